The molecule has 2 N–H and O–H groups in total. The molecule has 0 radical (unpaired) electrons. The van der Waals surface area contributed by atoms with Crippen molar-refractivity contribution < 1.29 is 33.8 Å². The van der Waals surface area contributed by atoms with E-state index in [0.717, 1.165) is 4.90 Å². The second-order valence-electron chi connectivity index (χ2n) is 8.69. The zero-order chi connectivity index (χ0) is 22.8. The van der Waals surface area contributed by atoms with Crippen LogP contribution in [0.5, 0.6) is 5.75 Å². The molecule has 1 saturated heterocycles. The minimum Gasteiger partial charge on any atom is -0.494 e. The van der Waals surface area contributed by atoms with Crippen molar-refractivity contribution in [2.45, 2.75) is 70.7 Å². The lowest BCUT2D eigenvalue weighted by Gasteiger charge is -2.31. The Morgan fingerprint density at radius 1 is 1.23 bits per heavy atom. The topological polar surface area (TPSA) is 122 Å². The fraction of sp³-hybridized carbons (Fsp3) is 0.545. The van der Waals surface area contributed by atoms with Gasteiger partial charge in [0, 0.05) is 18.4 Å². The van der Waals surface area contributed by atoms with Crippen LogP contribution in [0.15, 0.2) is 18.2 Å². The number of imide groups is 1. The third-order valence-electron chi connectivity index (χ3n) is 5.04. The lowest BCUT2D eigenvalue weighted by Crippen LogP contribution is -2.53. The van der Waals surface area contributed by atoms with Crippen molar-refractivity contribution in [3.05, 3.63) is 29.3 Å². The molecule has 2 atom stereocenters. The van der Waals surface area contributed by atoms with Crippen molar-refractivity contribution in [3.63, 3.8) is 0 Å². The molecule has 9 heteroatoms. The number of carbonyl (C=O) groups is 4. The third kappa shape index (κ3) is 5.41. The van der Waals surface area contributed by atoms with Crippen molar-refractivity contribution in [2.75, 3.05) is 6.61 Å². The van der Waals surface area contributed by atoms with Crippen LogP contribution in [-0.4, -0.2) is 51.9 Å². The molecule has 3 rings (SSSR count). The van der Waals surface area contributed by atoms with Crippen molar-refractivity contribution in [3.8, 4) is 5.75 Å². The summed E-state index contributed by atoms with van der Waals surface area (Å²) in [5, 5.41) is 12.8. The first-order valence-corrected chi connectivity index (χ1v) is 10.4. The number of nitrogens with zero attached hydrogens (tertiary/aromatic N) is 1. The highest BCUT2D eigenvalue weighted by Gasteiger charge is 2.44. The highest BCUT2D eigenvalue weighted by molar-refractivity contribution is 6.05. The molecule has 2 heterocycles. The highest BCUT2D eigenvalue weighted by Crippen LogP contribution is 2.36. The van der Waals surface area contributed by atoms with Gasteiger partial charge in [0.05, 0.1) is 12.2 Å². The largest absolute Gasteiger partial charge is 0.494 e. The molecule has 2 unspecified atom stereocenters. The Morgan fingerprint density at radius 3 is 2.65 bits per heavy atom. The quantitative estimate of drug-likeness (QED) is 0.383. The molecule has 3 amide bonds. The number of aliphatic hydroxyl groups excluding tert-OH is 1. The van der Waals surface area contributed by atoms with Crippen molar-refractivity contribution >= 4 is 23.7 Å². The summed E-state index contributed by atoms with van der Waals surface area (Å²) in [6.45, 7) is 5.82. The summed E-state index contributed by atoms with van der Waals surface area (Å²) in [5.41, 5.74) is 0.159. The second-order valence-corrected chi connectivity index (χ2v) is 8.69. The predicted molar refractivity (Wildman–Crippen MR) is 109 cm³/mol. The van der Waals surface area contributed by atoms with E-state index in [0.29, 0.717) is 37.2 Å². The molecular weight excluding hydrogens is 404 g/mol. The minimum absolute atomic E-state index is 0.112. The van der Waals surface area contributed by atoms with E-state index >= 15 is 0 Å². The fourth-order valence-electron chi connectivity index (χ4n) is 3.65. The first-order chi connectivity index (χ1) is 14.6. The van der Waals surface area contributed by atoms with Gasteiger partial charge in [-0.05, 0) is 52.2 Å². The smallest absolute Gasteiger partial charge is 0.306 e. The number of ether oxygens (including phenoxy) is 2. The molecule has 2 aliphatic heterocycles. The van der Waals surface area contributed by atoms with Crippen LogP contribution in [0.1, 0.15) is 75.0 Å². The van der Waals surface area contributed by atoms with Gasteiger partial charge in [-0.3, -0.25) is 29.4 Å². The number of amides is 3. The summed E-state index contributed by atoms with van der Waals surface area (Å²) in [6, 6.07) is 3.89. The van der Waals surface area contributed by atoms with E-state index < -0.39 is 29.7 Å². The maximum Gasteiger partial charge on any atom is 0.306 e. The highest BCUT2D eigenvalue weighted by atomic mass is 16.6. The lowest BCUT2D eigenvalue weighted by molar-refractivity contribution is -0.155. The minimum atomic E-state index is -1.26. The predicted octanol–water partition coefficient (Wildman–Crippen LogP) is 1.83. The Balaban J connectivity index is 1.54. The number of rotatable bonds is 7. The Hall–Kier alpha value is -2.94. The summed E-state index contributed by atoms with van der Waals surface area (Å²) < 4.78 is 10.9. The van der Waals surface area contributed by atoms with Gasteiger partial charge >= 0.3 is 5.97 Å². The van der Waals surface area contributed by atoms with Crippen LogP contribution in [-0.2, 0) is 19.1 Å². The second kappa shape index (κ2) is 9.05. The number of aliphatic hydroxyl groups is 1. The monoisotopic (exact) mass is 432 g/mol. The summed E-state index contributed by atoms with van der Waals surface area (Å²) >= 11 is 0. The first-order valence-electron chi connectivity index (χ1n) is 10.4. The standard InChI is InChI=1S/C22H28N2O7/c1-22(2,3)31-18(26)6-4-5-11-30-13-7-8-14-15(12-13)21(29)24(20(14)28)16-9-10-17(25)23-19(16)27/h7-8,12,16,20,28H,4-6,9-11H2,1-3H3,(H,23,25,27). The van der Waals surface area contributed by atoms with Gasteiger partial charge in [0.2, 0.25) is 11.8 Å². The Morgan fingerprint density at radius 2 is 1.97 bits per heavy atom. The summed E-state index contributed by atoms with van der Waals surface area (Å²) in [6.07, 6.45) is 0.574. The number of nitrogens with one attached hydrogen (secondary N) is 1. The molecule has 0 aromatic heterocycles. The van der Waals surface area contributed by atoms with Gasteiger partial charge < -0.3 is 14.6 Å². The van der Waals surface area contributed by atoms with Crippen LogP contribution in [0.3, 0.4) is 0 Å². The fourth-order valence-corrected chi connectivity index (χ4v) is 3.65. The Kier molecular flexibility index (Phi) is 6.64. The van der Waals surface area contributed by atoms with Crippen LogP contribution in [0.25, 0.3) is 0 Å². The van der Waals surface area contributed by atoms with Crippen LogP contribution in [0.2, 0.25) is 0 Å². The molecular formula is C22H28N2O7. The SMILES string of the molecule is CC(C)(C)OC(=O)CCCCOc1ccc2c(c1)C(=O)N(C1CCC(=O)NC1=O)C2O. The van der Waals surface area contributed by atoms with E-state index in [1.807, 2.05) is 20.8 Å². The van der Waals surface area contributed by atoms with E-state index in [1.165, 1.54) is 0 Å². The van der Waals surface area contributed by atoms with Gasteiger partial charge in [0.1, 0.15) is 17.4 Å². The Labute approximate surface area is 180 Å². The zero-order valence-electron chi connectivity index (χ0n) is 18.0. The maximum absolute atomic E-state index is 12.8. The van der Waals surface area contributed by atoms with Crippen LogP contribution in [0, 0.1) is 0 Å². The number of carbonyl (C=O) groups excluding carboxylic acids is 4. The maximum atomic E-state index is 12.8. The summed E-state index contributed by atoms with van der Waals surface area (Å²) in [5.74, 6) is -1.24. The van der Waals surface area contributed by atoms with E-state index in [-0.39, 0.29) is 30.3 Å². The van der Waals surface area contributed by atoms with E-state index in [4.69, 9.17) is 9.47 Å². The molecule has 0 saturated carbocycles. The van der Waals surface area contributed by atoms with Crippen molar-refractivity contribution in [1.82, 2.24) is 10.2 Å². The molecule has 1 aromatic carbocycles. The molecule has 168 valence electrons. The molecule has 2 aliphatic rings. The molecule has 0 bridgehead atoms. The van der Waals surface area contributed by atoms with Gasteiger partial charge in [0.15, 0.2) is 6.23 Å². The average molecular weight is 432 g/mol. The molecule has 0 aliphatic carbocycles. The summed E-state index contributed by atoms with van der Waals surface area (Å²) in [7, 11) is 0. The lowest BCUT2D eigenvalue weighted by atomic mass is 10.0. The van der Waals surface area contributed by atoms with Gasteiger partial charge in [-0.1, -0.05) is 6.07 Å². The molecule has 1 fully saturated rings. The number of unbranched alkanes of at least 4 members (excludes halogenated alkanes) is 1. The number of hydrogen-bond acceptors (Lipinski definition) is 7. The molecule has 31 heavy (non-hydrogen) atoms. The first kappa shape index (κ1) is 22.7. The van der Waals surface area contributed by atoms with Crippen LogP contribution < -0.4 is 10.1 Å². The van der Waals surface area contributed by atoms with Gasteiger partial charge in [-0.15, -0.1) is 0 Å². The van der Waals surface area contributed by atoms with Crippen LogP contribution in [0.4, 0.5) is 0 Å². The number of piperidine rings is 1. The zero-order valence-corrected chi connectivity index (χ0v) is 18.0. The van der Waals surface area contributed by atoms with Crippen molar-refractivity contribution in [1.29, 1.82) is 0 Å². The number of benzene rings is 1. The van der Waals surface area contributed by atoms with Crippen molar-refractivity contribution in [2.24, 2.45) is 0 Å². The Bertz CT molecular complexity index is 890. The third-order valence-corrected chi connectivity index (χ3v) is 5.04. The van der Waals surface area contributed by atoms with Crippen LogP contribution >= 0.6 is 0 Å². The number of fused-ring (bicyclic) bond motifs is 1. The summed E-state index contributed by atoms with van der Waals surface area (Å²) in [4.78, 5) is 49.2. The molecule has 0 spiro atoms. The van der Waals surface area contributed by atoms with Gasteiger partial charge in [-0.25, -0.2) is 0 Å². The van der Waals surface area contributed by atoms with Gasteiger partial charge in [-0.2, -0.15) is 0 Å². The molecule has 9 nitrogen and oxygen atoms in total. The average Bonchev–Trinajstić information content (AvgIpc) is 2.91. The van der Waals surface area contributed by atoms with E-state index in [1.54, 1.807) is 18.2 Å². The van der Waals surface area contributed by atoms with Gasteiger partial charge in [0.25, 0.3) is 5.91 Å². The number of hydrogen-bond donors (Lipinski definition) is 2. The van der Waals surface area contributed by atoms with E-state index in [9.17, 15) is 24.3 Å². The van der Waals surface area contributed by atoms with E-state index in [2.05, 4.69) is 5.32 Å². The number of esters is 1. The molecule has 1 aromatic rings. The normalized spacial score (nSPS) is 21.0.